The van der Waals surface area contributed by atoms with Crippen molar-refractivity contribution in [2.75, 3.05) is 25.6 Å². The SMILES string of the molecule is CCOc1ccccc1OCCC(=O)O[C@H](C)C(=O)Nc1cc(Cl)ccc1OC. The van der Waals surface area contributed by atoms with Crippen LogP contribution < -0.4 is 19.5 Å². The van der Waals surface area contributed by atoms with E-state index in [1.807, 2.05) is 19.1 Å². The van der Waals surface area contributed by atoms with Gasteiger partial charge in [0, 0.05) is 5.02 Å². The lowest BCUT2D eigenvalue weighted by Crippen LogP contribution is -2.30. The minimum atomic E-state index is -0.998. The first-order valence-corrected chi connectivity index (χ1v) is 9.51. The number of rotatable bonds is 10. The van der Waals surface area contributed by atoms with Gasteiger partial charge in [-0.15, -0.1) is 0 Å². The molecule has 8 heteroatoms. The van der Waals surface area contributed by atoms with Crippen LogP contribution in [0.15, 0.2) is 42.5 Å². The minimum absolute atomic E-state index is 0.0153. The third-order valence-electron chi connectivity index (χ3n) is 3.81. The Kier molecular flexibility index (Phi) is 8.61. The highest BCUT2D eigenvalue weighted by Gasteiger charge is 2.19. The minimum Gasteiger partial charge on any atom is -0.495 e. The van der Waals surface area contributed by atoms with Gasteiger partial charge in [-0.25, -0.2) is 0 Å². The number of hydrogen-bond acceptors (Lipinski definition) is 6. The molecule has 0 fully saturated rings. The maximum atomic E-state index is 12.3. The smallest absolute Gasteiger partial charge is 0.310 e. The van der Waals surface area contributed by atoms with E-state index in [4.69, 9.17) is 30.5 Å². The maximum absolute atomic E-state index is 12.3. The van der Waals surface area contributed by atoms with E-state index in [1.165, 1.54) is 14.0 Å². The van der Waals surface area contributed by atoms with Crippen molar-refractivity contribution in [1.29, 1.82) is 0 Å². The molecule has 0 aliphatic heterocycles. The van der Waals surface area contributed by atoms with E-state index in [1.54, 1.807) is 30.3 Å². The Morgan fingerprint density at radius 2 is 1.76 bits per heavy atom. The topological polar surface area (TPSA) is 83.1 Å². The first kappa shape index (κ1) is 22.4. The summed E-state index contributed by atoms with van der Waals surface area (Å²) in [5, 5.41) is 3.08. The van der Waals surface area contributed by atoms with Crippen molar-refractivity contribution in [1.82, 2.24) is 0 Å². The summed E-state index contributed by atoms with van der Waals surface area (Å²) in [5.41, 5.74) is 0.392. The molecule has 0 unspecified atom stereocenters. The summed E-state index contributed by atoms with van der Waals surface area (Å²) in [6.45, 7) is 3.96. The second-order valence-corrected chi connectivity index (χ2v) is 6.38. The molecule has 0 saturated heterocycles. The molecule has 7 nitrogen and oxygen atoms in total. The molecule has 0 aromatic heterocycles. The molecule has 1 atom stereocenters. The lowest BCUT2D eigenvalue weighted by molar-refractivity contribution is -0.153. The van der Waals surface area contributed by atoms with Gasteiger partial charge in [-0.3, -0.25) is 9.59 Å². The number of methoxy groups -OCH3 is 1. The lowest BCUT2D eigenvalue weighted by atomic mass is 10.2. The van der Waals surface area contributed by atoms with Crippen molar-refractivity contribution in [2.45, 2.75) is 26.4 Å². The average Bonchev–Trinajstić information content (AvgIpc) is 2.69. The van der Waals surface area contributed by atoms with Crippen LogP contribution in [0, 0.1) is 0 Å². The quantitative estimate of drug-likeness (QED) is 0.582. The van der Waals surface area contributed by atoms with Gasteiger partial charge in [-0.2, -0.15) is 0 Å². The number of esters is 1. The molecular weight excluding hydrogens is 398 g/mol. The van der Waals surface area contributed by atoms with E-state index in [9.17, 15) is 9.59 Å². The highest BCUT2D eigenvalue weighted by atomic mass is 35.5. The Morgan fingerprint density at radius 1 is 1.07 bits per heavy atom. The Morgan fingerprint density at radius 3 is 2.41 bits per heavy atom. The third-order valence-corrected chi connectivity index (χ3v) is 4.04. The molecule has 0 aliphatic rings. The highest BCUT2D eigenvalue weighted by molar-refractivity contribution is 6.31. The van der Waals surface area contributed by atoms with E-state index < -0.39 is 18.0 Å². The monoisotopic (exact) mass is 421 g/mol. The molecular formula is C21H24ClNO6. The average molecular weight is 422 g/mol. The van der Waals surface area contributed by atoms with Crippen LogP contribution in [0.3, 0.4) is 0 Å². The second kappa shape index (κ2) is 11.2. The molecule has 1 amide bonds. The molecule has 156 valence electrons. The molecule has 2 rings (SSSR count). The van der Waals surface area contributed by atoms with E-state index in [-0.39, 0.29) is 13.0 Å². The van der Waals surface area contributed by atoms with Crippen molar-refractivity contribution in [3.63, 3.8) is 0 Å². The van der Waals surface area contributed by atoms with Crippen LogP contribution in [0.5, 0.6) is 17.2 Å². The van der Waals surface area contributed by atoms with Gasteiger partial charge in [0.2, 0.25) is 0 Å². The number of halogens is 1. The van der Waals surface area contributed by atoms with E-state index in [0.717, 1.165) is 0 Å². The molecule has 0 bridgehead atoms. The number of carbonyl (C=O) groups excluding carboxylic acids is 2. The van der Waals surface area contributed by atoms with Crippen molar-refractivity contribution in [3.05, 3.63) is 47.5 Å². The van der Waals surface area contributed by atoms with Crippen LogP contribution in [0.1, 0.15) is 20.3 Å². The summed E-state index contributed by atoms with van der Waals surface area (Å²) in [6.07, 6.45) is -1.01. The molecule has 0 aliphatic carbocycles. The molecule has 0 radical (unpaired) electrons. The van der Waals surface area contributed by atoms with Gasteiger partial charge >= 0.3 is 5.97 Å². The zero-order valence-corrected chi connectivity index (χ0v) is 17.3. The molecule has 0 heterocycles. The van der Waals surface area contributed by atoms with Gasteiger partial charge in [0.25, 0.3) is 5.91 Å². The Hall–Kier alpha value is -2.93. The summed E-state index contributed by atoms with van der Waals surface area (Å²) in [4.78, 5) is 24.3. The molecule has 0 saturated carbocycles. The van der Waals surface area contributed by atoms with Crippen LogP contribution in [0.25, 0.3) is 0 Å². The molecule has 2 aromatic carbocycles. The predicted molar refractivity (Wildman–Crippen MR) is 110 cm³/mol. The Labute approximate surface area is 174 Å². The van der Waals surface area contributed by atoms with E-state index >= 15 is 0 Å². The van der Waals surface area contributed by atoms with Gasteiger partial charge in [0.15, 0.2) is 17.6 Å². The zero-order chi connectivity index (χ0) is 21.2. The highest BCUT2D eigenvalue weighted by Crippen LogP contribution is 2.28. The summed E-state index contributed by atoms with van der Waals surface area (Å²) >= 11 is 5.94. The summed E-state index contributed by atoms with van der Waals surface area (Å²) in [6, 6.07) is 12.0. The summed E-state index contributed by atoms with van der Waals surface area (Å²) in [7, 11) is 1.48. The fourth-order valence-electron chi connectivity index (χ4n) is 2.41. The number of carbonyl (C=O) groups is 2. The van der Waals surface area contributed by atoms with Gasteiger partial charge in [-0.1, -0.05) is 23.7 Å². The number of hydrogen-bond donors (Lipinski definition) is 1. The molecule has 2 aromatic rings. The van der Waals surface area contributed by atoms with Crippen molar-refractivity contribution < 1.29 is 28.5 Å². The van der Waals surface area contributed by atoms with Crippen molar-refractivity contribution >= 4 is 29.2 Å². The Balaban J connectivity index is 1.83. The predicted octanol–water partition coefficient (Wildman–Crippen LogP) is 4.09. The van der Waals surface area contributed by atoms with Crippen LogP contribution in [0.4, 0.5) is 5.69 Å². The van der Waals surface area contributed by atoms with Crippen molar-refractivity contribution in [2.24, 2.45) is 0 Å². The van der Waals surface area contributed by atoms with Gasteiger partial charge < -0.3 is 24.3 Å². The number of amides is 1. The first-order valence-electron chi connectivity index (χ1n) is 9.13. The molecule has 1 N–H and O–H groups in total. The van der Waals surface area contributed by atoms with E-state index in [0.29, 0.717) is 34.6 Å². The number of ether oxygens (including phenoxy) is 4. The number of benzene rings is 2. The fraction of sp³-hybridized carbons (Fsp3) is 0.333. The largest absolute Gasteiger partial charge is 0.495 e. The number of nitrogens with one attached hydrogen (secondary N) is 1. The summed E-state index contributed by atoms with van der Waals surface area (Å²) < 4.78 is 21.4. The van der Waals surface area contributed by atoms with Crippen LogP contribution >= 0.6 is 11.6 Å². The van der Waals surface area contributed by atoms with Crippen LogP contribution in [-0.4, -0.2) is 38.3 Å². The van der Waals surface area contributed by atoms with E-state index in [2.05, 4.69) is 5.32 Å². The Bertz CT molecular complexity index is 842. The maximum Gasteiger partial charge on any atom is 0.310 e. The van der Waals surface area contributed by atoms with Crippen LogP contribution in [0.2, 0.25) is 5.02 Å². The lowest BCUT2D eigenvalue weighted by Gasteiger charge is -2.16. The molecule has 29 heavy (non-hydrogen) atoms. The second-order valence-electron chi connectivity index (χ2n) is 5.94. The van der Waals surface area contributed by atoms with Gasteiger partial charge in [0.1, 0.15) is 5.75 Å². The van der Waals surface area contributed by atoms with Crippen LogP contribution in [-0.2, 0) is 14.3 Å². The number of anilines is 1. The normalized spacial score (nSPS) is 11.3. The van der Waals surface area contributed by atoms with Crippen molar-refractivity contribution in [3.8, 4) is 17.2 Å². The molecule has 0 spiro atoms. The standard InChI is InChI=1S/C21H24ClNO6/c1-4-27-18-7-5-6-8-19(18)28-12-11-20(24)29-14(2)21(25)23-16-13-15(22)9-10-17(16)26-3/h5-10,13-14H,4,11-12H2,1-3H3,(H,23,25)/t14-/m1/s1. The van der Waals surface area contributed by atoms with Gasteiger partial charge in [-0.05, 0) is 44.2 Å². The first-order chi connectivity index (χ1) is 13.9. The number of para-hydroxylation sites is 2. The zero-order valence-electron chi connectivity index (χ0n) is 16.6. The summed E-state index contributed by atoms with van der Waals surface area (Å²) in [5.74, 6) is 0.538. The third kappa shape index (κ3) is 6.87. The van der Waals surface area contributed by atoms with Gasteiger partial charge in [0.05, 0.1) is 32.4 Å². The fourth-order valence-corrected chi connectivity index (χ4v) is 2.58.